The Morgan fingerprint density at radius 3 is 1.07 bits per heavy atom. The Kier molecular flexibility index (Phi) is 49.9. The molecule has 0 spiro atoms. The Morgan fingerprint density at radius 2 is 0.739 bits per heavy atom. The van der Waals surface area contributed by atoms with Crippen LogP contribution in [0.1, 0.15) is 65.1 Å². The Labute approximate surface area is 771 Å². The molecule has 8 atom stereocenters. The molecule has 0 aliphatic carbocycles. The first-order chi connectivity index (χ1) is 38.4. The summed E-state index contributed by atoms with van der Waals surface area (Å²) in [6.45, 7) is 10.2. The molecule has 10 rings (SSSR count). The van der Waals surface area contributed by atoms with Gasteiger partial charge in [-0.15, -0.1) is 37.0 Å². The van der Waals surface area contributed by atoms with Crippen LogP contribution in [0.25, 0.3) is 43.8 Å². The third-order valence-electron chi connectivity index (χ3n) is 14.4. The molecule has 0 amide bonds. The number of fused-ring (bicyclic) bond motifs is 2. The second-order valence-electron chi connectivity index (χ2n) is 20.0. The van der Waals surface area contributed by atoms with E-state index in [9.17, 15) is 0 Å². The van der Waals surface area contributed by atoms with Crippen molar-refractivity contribution in [1.82, 2.24) is 9.97 Å². The average Bonchev–Trinajstić information content (AvgIpc) is 0.993. The van der Waals surface area contributed by atoms with Gasteiger partial charge in [0.15, 0.2) is 0 Å². The quantitative estimate of drug-likeness (QED) is 0.0874. The third-order valence-corrected chi connectivity index (χ3v) is 16.2. The molecule has 21 heteroatoms. The van der Waals surface area contributed by atoms with Gasteiger partial charge in [-0.2, -0.15) is 0 Å². The van der Waals surface area contributed by atoms with Crippen molar-refractivity contribution in [3.05, 3.63) is 233 Å². The SMILES string of the molecule is COc1cc(P)c(-c2c(P)cc(OC)nc2C)c(C)n1.COc1ccc(C(N)(c2ccc(C)cc2)[C@H](N)C(C)C)cc1.N[C@H](c1ccccc1)[C@H](N)c1ccccc1.Pc1ccc2ccccc2c1-c1c(P)ccc2ccccc12.[Ar].[Ar].[Ar].[Ar].[Ar].[Ar].[Ar].[Ar]. The molecule has 10 aromatic rings. The van der Waals surface area contributed by atoms with Crippen LogP contribution in [0.2, 0.25) is 0 Å². The van der Waals surface area contributed by atoms with E-state index in [0.29, 0.717) is 11.8 Å². The number of hydrogen-bond acceptors (Lipinski definition) is 9. The topological polar surface area (TPSA) is 158 Å². The van der Waals surface area contributed by atoms with Crippen LogP contribution in [0.4, 0.5) is 0 Å². The number of nitrogens with two attached hydrogens (primary N) is 4. The summed E-state index contributed by atoms with van der Waals surface area (Å²) >= 11 is 0. The standard InChI is InChI=1S/C20H16P2.C19H26N2O.C14H18N2O2P2.C14H16N2.8Ar/c21-17-11-9-13-5-1-3-7-15(13)19(17)20-16-8-4-2-6-14(16)10-12-18(20)22;1-13(2)18(20)19(21,15-7-5-14(3)6-8-15)16-9-11-17(22-4)12-10-16;1-7-13(9(19)5-11(15-7)17-3)14-8(2)16-12(18-4)6-10(14)20;15-13(11-7-3-1-4-8-11)14(16)12-9-5-2-6-10-12;;;;;;;;/h1-12H,21-22H2;5-13,18H,20-21H2,1-4H3;5-6H,19-20H2,1-4H3;1-10,13-14H,15-16H2;;;;;;;;/t;18-,19?;;13-,14-;;;;;;;;/m.1.1......../s1. The van der Waals surface area contributed by atoms with Crippen molar-refractivity contribution in [2.75, 3.05) is 21.3 Å². The monoisotopic (exact) mass is 1460 g/mol. The maximum atomic E-state index is 6.86. The van der Waals surface area contributed by atoms with Crippen LogP contribution in [0, 0.1) is 329 Å². The van der Waals surface area contributed by atoms with Gasteiger partial charge in [0, 0.05) is 355 Å². The second-order valence-corrected chi connectivity index (χ2v) is 22.5. The van der Waals surface area contributed by atoms with E-state index in [4.69, 9.17) is 37.1 Å². The average molecular weight is 1460 g/mol. The molecule has 8 N–H and O–H groups in total. The van der Waals surface area contributed by atoms with Crippen molar-refractivity contribution in [2.45, 2.75) is 58.3 Å². The first-order valence-corrected chi connectivity index (χ1v) is 28.8. The van der Waals surface area contributed by atoms with E-state index < -0.39 is 5.54 Å². The van der Waals surface area contributed by atoms with Crippen molar-refractivity contribution in [1.29, 1.82) is 0 Å². The predicted molar refractivity (Wildman–Crippen MR) is 353 cm³/mol. The number of methoxy groups -OCH3 is 3. The van der Waals surface area contributed by atoms with Crippen molar-refractivity contribution in [3.8, 4) is 39.8 Å². The van der Waals surface area contributed by atoms with Crippen LogP contribution in [-0.2, 0) is 5.54 Å². The van der Waals surface area contributed by atoms with E-state index in [1.165, 1.54) is 48.8 Å². The van der Waals surface area contributed by atoms with Crippen LogP contribution in [0.15, 0.2) is 194 Å². The molecule has 5 unspecified atom stereocenters. The molecule has 476 valence electrons. The van der Waals surface area contributed by atoms with Gasteiger partial charge in [0.2, 0.25) is 11.8 Å². The fourth-order valence-corrected chi connectivity index (χ4v) is 11.7. The number of aryl methyl sites for hydroxylation is 3. The predicted octanol–water partition coefficient (Wildman–Crippen LogP) is 12.0. The summed E-state index contributed by atoms with van der Waals surface area (Å²) in [7, 11) is 16.2. The molecule has 0 aliphatic rings. The smallest absolute Gasteiger partial charge is 0.213 e. The summed E-state index contributed by atoms with van der Waals surface area (Å²) in [6, 6.07) is 65.3. The number of ether oxygens (including phenoxy) is 3. The minimum absolute atomic E-state index is 0. The summed E-state index contributed by atoms with van der Waals surface area (Å²) in [4.78, 5) is 8.90. The normalized spacial score (nSPS) is 11.6. The first-order valence-electron chi connectivity index (χ1n) is 26.5. The van der Waals surface area contributed by atoms with E-state index in [1.807, 2.05) is 111 Å². The van der Waals surface area contributed by atoms with Gasteiger partial charge in [-0.05, 0) is 115 Å². The van der Waals surface area contributed by atoms with E-state index in [1.54, 1.807) is 21.3 Å². The maximum Gasteiger partial charge on any atom is 0.213 e. The minimum atomic E-state index is -0.728. The minimum Gasteiger partial charge on any atom is -0.497 e. The van der Waals surface area contributed by atoms with E-state index in [-0.39, 0.29) is 326 Å². The van der Waals surface area contributed by atoms with Crippen LogP contribution in [0.5, 0.6) is 17.5 Å². The largest absolute Gasteiger partial charge is 0.497 e. The van der Waals surface area contributed by atoms with Crippen molar-refractivity contribution >= 4 is 79.7 Å². The van der Waals surface area contributed by atoms with Crippen molar-refractivity contribution in [2.24, 2.45) is 28.9 Å². The molecular formula is C67H76Ar8N6O3P4. The van der Waals surface area contributed by atoms with Gasteiger partial charge in [0.05, 0.1) is 26.9 Å². The molecule has 88 heavy (non-hydrogen) atoms. The number of nitrogens with zero attached hydrogens (tertiary/aromatic N) is 2. The van der Waals surface area contributed by atoms with Gasteiger partial charge in [-0.25, -0.2) is 9.97 Å². The van der Waals surface area contributed by atoms with Crippen molar-refractivity contribution in [3.63, 3.8) is 0 Å². The third kappa shape index (κ3) is 25.0. The zero-order chi connectivity index (χ0) is 57.7. The fraction of sp³-hybridized carbons (Fsp3) is 0.194. The summed E-state index contributed by atoms with van der Waals surface area (Å²) in [5.41, 5.74) is 36.9. The molecule has 0 saturated heterocycles. The number of rotatable bonds is 12. The summed E-state index contributed by atoms with van der Waals surface area (Å²) in [5.74, 6) is 2.29. The summed E-state index contributed by atoms with van der Waals surface area (Å²) in [6.07, 6.45) is 0. The number of aromatic nitrogens is 2. The molecule has 0 aliphatic heterocycles. The van der Waals surface area contributed by atoms with E-state index >= 15 is 0 Å². The first kappa shape index (κ1) is 93.7. The summed E-state index contributed by atoms with van der Waals surface area (Å²) in [5, 5.41) is 9.70. The van der Waals surface area contributed by atoms with Gasteiger partial charge < -0.3 is 37.1 Å². The Bertz CT molecular complexity index is 3450. The zero-order valence-corrected chi connectivity index (χ0v) is 60.1. The molecule has 9 nitrogen and oxygen atoms in total. The molecule has 2 heterocycles. The van der Waals surface area contributed by atoms with Crippen LogP contribution in [0.3, 0.4) is 0 Å². The van der Waals surface area contributed by atoms with Gasteiger partial charge in [-0.1, -0.05) is 189 Å². The maximum absolute atomic E-state index is 6.86. The molecule has 0 saturated carbocycles. The fourth-order valence-electron chi connectivity index (χ4n) is 9.87. The van der Waals surface area contributed by atoms with Gasteiger partial charge >= 0.3 is 0 Å². The zero-order valence-electron chi connectivity index (χ0n) is 49.9. The molecule has 0 bridgehead atoms. The molecular weight excluding hydrogens is 1380 g/mol. The van der Waals surface area contributed by atoms with Gasteiger partial charge in [0.1, 0.15) is 5.75 Å². The van der Waals surface area contributed by atoms with Crippen LogP contribution in [-0.4, -0.2) is 37.3 Å². The second kappa shape index (κ2) is 46.9. The van der Waals surface area contributed by atoms with Gasteiger partial charge in [-0.3, -0.25) is 0 Å². The number of hydrogen-bond donors (Lipinski definition) is 4. The number of benzene rings is 8. The Balaban J connectivity index is 0. The Morgan fingerprint density at radius 1 is 0.398 bits per heavy atom. The molecule has 8 aromatic carbocycles. The van der Waals surface area contributed by atoms with Crippen LogP contribution < -0.4 is 58.4 Å². The Hall–Kier alpha value is 3.62. The summed E-state index contributed by atoms with van der Waals surface area (Å²) < 4.78 is 15.6. The van der Waals surface area contributed by atoms with E-state index in [2.05, 4.69) is 165 Å². The van der Waals surface area contributed by atoms with Crippen molar-refractivity contribution < 1.29 is 316 Å². The molecule has 0 fully saturated rings. The van der Waals surface area contributed by atoms with Gasteiger partial charge in [0.25, 0.3) is 0 Å². The number of pyridine rings is 2. The molecule has 0 radical (unpaired) electrons. The molecule has 2 aromatic heterocycles. The van der Waals surface area contributed by atoms with E-state index in [0.717, 1.165) is 61.1 Å². The van der Waals surface area contributed by atoms with Crippen LogP contribution >= 0.6 is 37.0 Å².